The zero-order valence-electron chi connectivity index (χ0n) is 15.1. The van der Waals surface area contributed by atoms with E-state index in [1.807, 2.05) is 6.92 Å². The average Bonchev–Trinajstić information content (AvgIpc) is 2.91. The SMILES string of the molecule is CCOc1cc(C=C2C(=O)N(c3ccc(Cl)cc3)N=C2C)cc(Cl)c1OC. The molecule has 0 unspecified atom stereocenters. The van der Waals surface area contributed by atoms with Crippen LogP contribution in [0.25, 0.3) is 6.08 Å². The molecule has 1 aliphatic rings. The maximum absolute atomic E-state index is 12.8. The third-order valence-corrected chi connectivity index (χ3v) is 4.51. The number of anilines is 1. The fraction of sp³-hybridized carbons (Fsp3) is 0.200. The van der Waals surface area contributed by atoms with Crippen molar-refractivity contribution in [3.05, 3.63) is 57.6 Å². The van der Waals surface area contributed by atoms with Gasteiger partial charge in [-0.05, 0) is 61.9 Å². The number of hydrazone groups is 1. The van der Waals surface area contributed by atoms with Gasteiger partial charge in [-0.25, -0.2) is 0 Å². The number of amides is 1. The molecule has 2 aromatic carbocycles. The van der Waals surface area contributed by atoms with Crippen LogP contribution in [0.15, 0.2) is 47.1 Å². The molecule has 2 aromatic rings. The fourth-order valence-electron chi connectivity index (χ4n) is 2.74. The molecule has 0 fully saturated rings. The van der Waals surface area contributed by atoms with Gasteiger partial charge < -0.3 is 9.47 Å². The van der Waals surface area contributed by atoms with Crippen LogP contribution in [0.2, 0.25) is 10.0 Å². The molecule has 0 atom stereocenters. The number of hydrogen-bond acceptors (Lipinski definition) is 4. The first-order valence-electron chi connectivity index (χ1n) is 8.32. The van der Waals surface area contributed by atoms with Crippen LogP contribution in [0.5, 0.6) is 11.5 Å². The zero-order valence-corrected chi connectivity index (χ0v) is 16.6. The lowest BCUT2D eigenvalue weighted by Gasteiger charge is -2.13. The highest BCUT2D eigenvalue weighted by Crippen LogP contribution is 2.37. The first-order valence-corrected chi connectivity index (χ1v) is 9.07. The van der Waals surface area contributed by atoms with E-state index in [4.69, 9.17) is 32.7 Å². The first kappa shape index (κ1) is 19.3. The number of rotatable bonds is 5. The maximum atomic E-state index is 12.8. The molecule has 27 heavy (non-hydrogen) atoms. The minimum absolute atomic E-state index is 0.222. The Hall–Kier alpha value is -2.50. The van der Waals surface area contributed by atoms with E-state index >= 15 is 0 Å². The minimum Gasteiger partial charge on any atom is -0.491 e. The van der Waals surface area contributed by atoms with Crippen molar-refractivity contribution in [1.29, 1.82) is 0 Å². The average molecular weight is 405 g/mol. The van der Waals surface area contributed by atoms with Crippen molar-refractivity contribution in [3.8, 4) is 11.5 Å². The van der Waals surface area contributed by atoms with Gasteiger partial charge in [0, 0.05) is 5.02 Å². The van der Waals surface area contributed by atoms with Crippen molar-refractivity contribution >= 4 is 46.6 Å². The number of methoxy groups -OCH3 is 1. The molecule has 140 valence electrons. The third-order valence-electron chi connectivity index (χ3n) is 3.98. The standard InChI is InChI=1S/C20H18Cl2N2O3/c1-4-27-18-11-13(10-17(22)19(18)26-3)9-16-12(2)23-24(20(16)25)15-7-5-14(21)6-8-15/h5-11H,4H2,1-3H3. The Kier molecular flexibility index (Phi) is 5.73. The lowest BCUT2D eigenvalue weighted by atomic mass is 10.1. The van der Waals surface area contributed by atoms with Crippen molar-refractivity contribution < 1.29 is 14.3 Å². The quantitative estimate of drug-likeness (QED) is 0.642. The molecule has 7 heteroatoms. The van der Waals surface area contributed by atoms with E-state index in [9.17, 15) is 4.79 Å². The first-order chi connectivity index (χ1) is 12.9. The Morgan fingerprint density at radius 3 is 2.52 bits per heavy atom. The van der Waals surface area contributed by atoms with Crippen molar-refractivity contribution in [2.75, 3.05) is 18.7 Å². The van der Waals surface area contributed by atoms with Crippen LogP contribution in [0.3, 0.4) is 0 Å². The topological polar surface area (TPSA) is 51.1 Å². The maximum Gasteiger partial charge on any atom is 0.280 e. The number of halogens is 2. The molecule has 3 rings (SSSR count). The molecule has 0 radical (unpaired) electrons. The highest BCUT2D eigenvalue weighted by atomic mass is 35.5. The van der Waals surface area contributed by atoms with E-state index < -0.39 is 0 Å². The molecule has 0 bridgehead atoms. The summed E-state index contributed by atoms with van der Waals surface area (Å²) in [4.78, 5) is 12.8. The highest BCUT2D eigenvalue weighted by Gasteiger charge is 2.28. The summed E-state index contributed by atoms with van der Waals surface area (Å²) in [5, 5.41) is 6.72. The summed E-state index contributed by atoms with van der Waals surface area (Å²) in [6, 6.07) is 10.4. The Morgan fingerprint density at radius 1 is 1.19 bits per heavy atom. The van der Waals surface area contributed by atoms with Crippen LogP contribution in [-0.4, -0.2) is 25.3 Å². The molecule has 0 saturated heterocycles. The van der Waals surface area contributed by atoms with E-state index in [1.165, 1.54) is 12.1 Å². The number of nitrogens with zero attached hydrogens (tertiary/aromatic N) is 2. The van der Waals surface area contributed by atoms with Crippen molar-refractivity contribution in [2.24, 2.45) is 5.10 Å². The predicted molar refractivity (Wildman–Crippen MR) is 109 cm³/mol. The lowest BCUT2D eigenvalue weighted by molar-refractivity contribution is -0.114. The smallest absolute Gasteiger partial charge is 0.280 e. The summed E-state index contributed by atoms with van der Waals surface area (Å²) < 4.78 is 10.9. The molecule has 1 amide bonds. The Morgan fingerprint density at radius 2 is 1.89 bits per heavy atom. The van der Waals surface area contributed by atoms with Crippen molar-refractivity contribution in [1.82, 2.24) is 0 Å². The van der Waals surface area contributed by atoms with Gasteiger partial charge in [0.15, 0.2) is 11.5 Å². The molecule has 5 nitrogen and oxygen atoms in total. The summed E-state index contributed by atoms with van der Waals surface area (Å²) in [6.07, 6.45) is 1.74. The zero-order chi connectivity index (χ0) is 19.6. The molecule has 0 saturated carbocycles. The van der Waals surface area contributed by atoms with Crippen LogP contribution in [-0.2, 0) is 4.79 Å². The number of hydrogen-bond donors (Lipinski definition) is 0. The van der Waals surface area contributed by atoms with Crippen LogP contribution < -0.4 is 14.5 Å². The second-order valence-electron chi connectivity index (χ2n) is 5.80. The molecular weight excluding hydrogens is 387 g/mol. The summed E-state index contributed by atoms with van der Waals surface area (Å²) in [7, 11) is 1.53. The fourth-order valence-corrected chi connectivity index (χ4v) is 3.16. The van der Waals surface area contributed by atoms with E-state index in [0.29, 0.717) is 45.1 Å². The largest absolute Gasteiger partial charge is 0.491 e. The van der Waals surface area contributed by atoms with E-state index in [0.717, 1.165) is 5.56 Å². The lowest BCUT2D eigenvalue weighted by Crippen LogP contribution is -2.21. The molecule has 0 N–H and O–H groups in total. The highest BCUT2D eigenvalue weighted by molar-refractivity contribution is 6.34. The van der Waals surface area contributed by atoms with Gasteiger partial charge in [0.1, 0.15) is 0 Å². The number of ether oxygens (including phenoxy) is 2. The summed E-state index contributed by atoms with van der Waals surface area (Å²) in [5.41, 5.74) is 2.46. The van der Waals surface area contributed by atoms with Gasteiger partial charge in [-0.15, -0.1) is 0 Å². The Labute approximate surface area is 167 Å². The summed E-state index contributed by atoms with van der Waals surface area (Å²) in [6.45, 7) is 4.13. The summed E-state index contributed by atoms with van der Waals surface area (Å²) in [5.74, 6) is 0.764. The van der Waals surface area contributed by atoms with Gasteiger partial charge in [-0.2, -0.15) is 10.1 Å². The molecule has 1 heterocycles. The molecule has 0 aromatic heterocycles. The second-order valence-corrected chi connectivity index (χ2v) is 6.65. The van der Waals surface area contributed by atoms with Gasteiger partial charge in [0.05, 0.1) is 35.7 Å². The van der Waals surface area contributed by atoms with Gasteiger partial charge in [0.25, 0.3) is 5.91 Å². The van der Waals surface area contributed by atoms with Gasteiger partial charge in [-0.3, -0.25) is 4.79 Å². The van der Waals surface area contributed by atoms with E-state index in [1.54, 1.807) is 49.4 Å². The molecule has 0 spiro atoms. The second kappa shape index (κ2) is 8.03. The minimum atomic E-state index is -0.222. The molecule has 1 aliphatic heterocycles. The van der Waals surface area contributed by atoms with Crippen LogP contribution in [0.1, 0.15) is 19.4 Å². The van der Waals surface area contributed by atoms with Crippen LogP contribution in [0.4, 0.5) is 5.69 Å². The predicted octanol–water partition coefficient (Wildman–Crippen LogP) is 5.21. The Balaban J connectivity index is 1.97. The van der Waals surface area contributed by atoms with Gasteiger partial charge in [-0.1, -0.05) is 23.2 Å². The normalized spacial score (nSPS) is 15.3. The number of benzene rings is 2. The third kappa shape index (κ3) is 3.94. The van der Waals surface area contributed by atoms with Crippen molar-refractivity contribution in [3.63, 3.8) is 0 Å². The summed E-state index contributed by atoms with van der Waals surface area (Å²) >= 11 is 12.2. The van der Waals surface area contributed by atoms with Crippen molar-refractivity contribution in [2.45, 2.75) is 13.8 Å². The number of carbonyl (C=O) groups excluding carboxylic acids is 1. The molecule has 0 aliphatic carbocycles. The van der Waals surface area contributed by atoms with Crippen LogP contribution >= 0.6 is 23.2 Å². The monoisotopic (exact) mass is 404 g/mol. The van der Waals surface area contributed by atoms with E-state index in [-0.39, 0.29) is 5.91 Å². The van der Waals surface area contributed by atoms with E-state index in [2.05, 4.69) is 5.10 Å². The van der Waals surface area contributed by atoms with Gasteiger partial charge >= 0.3 is 0 Å². The van der Waals surface area contributed by atoms with Gasteiger partial charge in [0.2, 0.25) is 0 Å². The van der Waals surface area contributed by atoms with Crippen LogP contribution in [0, 0.1) is 0 Å². The molecular formula is C20H18Cl2N2O3. The number of carbonyl (C=O) groups is 1. The Bertz CT molecular complexity index is 937.